The number of hydrogen-bond donors (Lipinski definition) is 3. The van der Waals surface area contributed by atoms with E-state index in [4.69, 9.17) is 5.73 Å². The lowest BCUT2D eigenvalue weighted by molar-refractivity contribution is -0.123. The largest absolute Gasteiger partial charge is 0.391 e. The summed E-state index contributed by atoms with van der Waals surface area (Å²) in [6.45, 7) is 0. The number of aliphatic hydroxyl groups excluding tert-OH is 1. The Morgan fingerprint density at radius 3 is 2.70 bits per heavy atom. The average molecular weight is 412 g/mol. The molecule has 0 aromatic carbocycles. The molecule has 0 aliphatic heterocycles. The lowest BCUT2D eigenvalue weighted by Gasteiger charge is -2.31. The van der Waals surface area contributed by atoms with E-state index in [0.717, 1.165) is 17.1 Å². The van der Waals surface area contributed by atoms with Gasteiger partial charge in [0.1, 0.15) is 0 Å². The topological polar surface area (TPSA) is 88.2 Å². The van der Waals surface area contributed by atoms with Crippen molar-refractivity contribution in [2.45, 2.75) is 68.0 Å². The molecule has 1 aromatic rings. The molecule has 1 fully saturated rings. The van der Waals surface area contributed by atoms with Crippen molar-refractivity contribution in [1.82, 2.24) is 10.3 Å². The third-order valence-electron chi connectivity index (χ3n) is 5.12. The molecule has 4 N–H and O–H groups in total. The number of amides is 1. The van der Waals surface area contributed by atoms with Gasteiger partial charge in [0.05, 0.1) is 18.2 Å². The minimum absolute atomic E-state index is 0.147. The van der Waals surface area contributed by atoms with E-state index in [1.807, 2.05) is 18.4 Å². The van der Waals surface area contributed by atoms with Gasteiger partial charge in [-0.25, -0.2) is 0 Å². The summed E-state index contributed by atoms with van der Waals surface area (Å²) in [7, 11) is 0. The second-order valence-corrected chi connectivity index (χ2v) is 9.38. The zero-order chi connectivity index (χ0) is 19.5. The van der Waals surface area contributed by atoms with Gasteiger partial charge in [-0.15, -0.1) is 11.8 Å². The molecule has 0 unspecified atom stereocenters. The van der Waals surface area contributed by atoms with Gasteiger partial charge in [-0.2, -0.15) is 11.8 Å². The Hall–Kier alpha value is -0.760. The van der Waals surface area contributed by atoms with Crippen LogP contribution in [0.4, 0.5) is 0 Å². The van der Waals surface area contributed by atoms with Crippen molar-refractivity contribution < 1.29 is 9.90 Å². The first-order valence-electron chi connectivity index (χ1n) is 9.86. The van der Waals surface area contributed by atoms with Gasteiger partial charge in [0, 0.05) is 28.8 Å². The van der Waals surface area contributed by atoms with Crippen molar-refractivity contribution in [2.24, 2.45) is 11.7 Å². The van der Waals surface area contributed by atoms with E-state index < -0.39 is 12.1 Å². The Labute approximate surface area is 171 Å². The van der Waals surface area contributed by atoms with Gasteiger partial charge in [0.2, 0.25) is 5.91 Å². The molecule has 0 saturated heterocycles. The SMILES string of the molecule is CSC[C@H](N)C(=O)N[C@@H](CC1CCCCC1)[C@@H](O)CCSc1ccncc1. The number of aromatic nitrogens is 1. The van der Waals surface area contributed by atoms with E-state index in [9.17, 15) is 9.90 Å². The van der Waals surface area contributed by atoms with Crippen LogP contribution in [0.15, 0.2) is 29.4 Å². The van der Waals surface area contributed by atoms with Crippen LogP contribution in [-0.2, 0) is 4.79 Å². The van der Waals surface area contributed by atoms with E-state index in [1.165, 1.54) is 32.1 Å². The number of thioether (sulfide) groups is 2. The monoisotopic (exact) mass is 411 g/mol. The lowest BCUT2D eigenvalue weighted by Crippen LogP contribution is -2.51. The maximum Gasteiger partial charge on any atom is 0.238 e. The van der Waals surface area contributed by atoms with E-state index in [1.54, 1.807) is 35.9 Å². The summed E-state index contributed by atoms with van der Waals surface area (Å²) in [5, 5.41) is 13.8. The molecule has 1 saturated carbocycles. The van der Waals surface area contributed by atoms with Crippen LogP contribution in [0.3, 0.4) is 0 Å². The van der Waals surface area contributed by atoms with Crippen LogP contribution in [0, 0.1) is 5.92 Å². The summed E-state index contributed by atoms with van der Waals surface area (Å²) in [5.74, 6) is 1.84. The maximum absolute atomic E-state index is 12.4. The van der Waals surface area contributed by atoms with E-state index in [0.29, 0.717) is 18.1 Å². The number of carbonyl (C=O) groups excluding carboxylic acids is 1. The summed E-state index contributed by atoms with van der Waals surface area (Å²) in [6, 6.07) is 3.21. The predicted octanol–water partition coefficient (Wildman–Crippen LogP) is 3.07. The van der Waals surface area contributed by atoms with Crippen LogP contribution in [-0.4, -0.2) is 51.9 Å². The lowest BCUT2D eigenvalue weighted by atomic mass is 9.83. The zero-order valence-corrected chi connectivity index (χ0v) is 17.8. The average Bonchev–Trinajstić information content (AvgIpc) is 2.69. The Bertz CT molecular complexity index is 541. The summed E-state index contributed by atoms with van der Waals surface area (Å²) < 4.78 is 0. The highest BCUT2D eigenvalue weighted by Crippen LogP contribution is 2.29. The Morgan fingerprint density at radius 2 is 2.04 bits per heavy atom. The number of nitrogens with one attached hydrogen (secondary N) is 1. The molecule has 0 spiro atoms. The van der Waals surface area contributed by atoms with Gasteiger partial charge in [-0.1, -0.05) is 32.1 Å². The Morgan fingerprint density at radius 1 is 1.33 bits per heavy atom. The van der Waals surface area contributed by atoms with E-state index in [-0.39, 0.29) is 11.9 Å². The molecule has 27 heavy (non-hydrogen) atoms. The number of pyridine rings is 1. The molecule has 1 aromatic heterocycles. The smallest absolute Gasteiger partial charge is 0.238 e. The zero-order valence-electron chi connectivity index (χ0n) is 16.2. The molecule has 1 amide bonds. The van der Waals surface area contributed by atoms with Gasteiger partial charge in [0.15, 0.2) is 0 Å². The van der Waals surface area contributed by atoms with Crippen LogP contribution in [0.25, 0.3) is 0 Å². The fourth-order valence-electron chi connectivity index (χ4n) is 3.57. The van der Waals surface area contributed by atoms with Gasteiger partial charge >= 0.3 is 0 Å². The van der Waals surface area contributed by atoms with Crippen molar-refractivity contribution in [2.75, 3.05) is 17.8 Å². The minimum atomic E-state index is -0.549. The van der Waals surface area contributed by atoms with Gasteiger partial charge in [-0.05, 0) is 37.1 Å². The Kier molecular flexibility index (Phi) is 10.6. The number of nitrogens with zero attached hydrogens (tertiary/aromatic N) is 1. The third kappa shape index (κ3) is 8.42. The summed E-state index contributed by atoms with van der Waals surface area (Å²) >= 11 is 3.27. The summed E-state index contributed by atoms with van der Waals surface area (Å²) in [4.78, 5) is 17.6. The number of aliphatic hydroxyl groups is 1. The highest BCUT2D eigenvalue weighted by Gasteiger charge is 2.27. The second-order valence-electron chi connectivity index (χ2n) is 7.30. The molecule has 1 heterocycles. The van der Waals surface area contributed by atoms with Gasteiger partial charge in [0.25, 0.3) is 0 Å². The molecule has 1 aliphatic carbocycles. The van der Waals surface area contributed by atoms with Crippen LogP contribution >= 0.6 is 23.5 Å². The molecule has 5 nitrogen and oxygen atoms in total. The standard InChI is InChI=1S/C20H33N3O2S2/c1-26-14-17(21)20(25)23-18(13-15-5-3-2-4-6-15)19(24)9-12-27-16-7-10-22-11-8-16/h7-8,10-11,15,17-19,24H,2-6,9,12-14,21H2,1H3,(H,23,25)/t17-,18-,19-/m0/s1. The van der Waals surface area contributed by atoms with E-state index in [2.05, 4.69) is 10.3 Å². The molecule has 0 radical (unpaired) electrons. The number of nitrogens with two attached hydrogens (primary N) is 1. The molecular weight excluding hydrogens is 378 g/mol. The molecular formula is C20H33N3O2S2. The van der Waals surface area contributed by atoms with Gasteiger partial charge < -0.3 is 16.2 Å². The van der Waals surface area contributed by atoms with Crippen molar-refractivity contribution in [3.63, 3.8) is 0 Å². The highest BCUT2D eigenvalue weighted by molar-refractivity contribution is 7.99. The molecule has 0 bridgehead atoms. The number of rotatable bonds is 11. The summed E-state index contributed by atoms with van der Waals surface area (Å²) in [5.41, 5.74) is 5.96. The first-order valence-corrected chi connectivity index (χ1v) is 12.2. The highest BCUT2D eigenvalue weighted by atomic mass is 32.2. The normalized spacial score (nSPS) is 18.6. The van der Waals surface area contributed by atoms with Crippen molar-refractivity contribution in [3.8, 4) is 0 Å². The molecule has 7 heteroatoms. The quantitative estimate of drug-likeness (QED) is 0.485. The second kappa shape index (κ2) is 12.6. The van der Waals surface area contributed by atoms with Crippen LogP contribution in [0.5, 0.6) is 0 Å². The van der Waals surface area contributed by atoms with Crippen molar-refractivity contribution >= 4 is 29.4 Å². The van der Waals surface area contributed by atoms with Crippen LogP contribution < -0.4 is 11.1 Å². The van der Waals surface area contributed by atoms with Crippen LogP contribution in [0.1, 0.15) is 44.9 Å². The first kappa shape index (κ1) is 22.5. The van der Waals surface area contributed by atoms with E-state index >= 15 is 0 Å². The predicted molar refractivity (Wildman–Crippen MR) is 115 cm³/mol. The van der Waals surface area contributed by atoms with Crippen molar-refractivity contribution in [1.29, 1.82) is 0 Å². The fourth-order valence-corrected chi connectivity index (χ4v) is 4.99. The van der Waals surface area contributed by atoms with Crippen molar-refractivity contribution in [3.05, 3.63) is 24.5 Å². The molecule has 3 atom stereocenters. The maximum atomic E-state index is 12.4. The number of carbonyl (C=O) groups is 1. The number of hydrogen-bond acceptors (Lipinski definition) is 6. The van der Waals surface area contributed by atoms with Crippen LogP contribution in [0.2, 0.25) is 0 Å². The Balaban J connectivity index is 1.88. The molecule has 152 valence electrons. The summed E-state index contributed by atoms with van der Waals surface area (Å²) in [6.07, 6.45) is 12.6. The minimum Gasteiger partial charge on any atom is -0.391 e. The third-order valence-corrected chi connectivity index (χ3v) is 6.86. The van der Waals surface area contributed by atoms with Gasteiger partial charge in [-0.3, -0.25) is 9.78 Å². The molecule has 1 aliphatic rings. The molecule has 2 rings (SSSR count). The first-order chi connectivity index (χ1) is 13.1. The fraction of sp³-hybridized carbons (Fsp3) is 0.700.